The van der Waals surface area contributed by atoms with Crippen molar-refractivity contribution in [3.05, 3.63) is 33.0 Å². The van der Waals surface area contributed by atoms with Crippen molar-refractivity contribution in [3.63, 3.8) is 0 Å². The molecule has 0 aliphatic heterocycles. The molecule has 0 aromatic carbocycles. The predicted molar refractivity (Wildman–Crippen MR) is 71.7 cm³/mol. The van der Waals surface area contributed by atoms with Gasteiger partial charge in [0.1, 0.15) is 0 Å². The van der Waals surface area contributed by atoms with Crippen LogP contribution in [-0.4, -0.2) is 0 Å². The van der Waals surface area contributed by atoms with Crippen molar-refractivity contribution in [1.29, 1.82) is 0 Å². The van der Waals surface area contributed by atoms with E-state index in [0.29, 0.717) is 0 Å². The molecule has 2 aromatic rings. The molecule has 0 fully saturated rings. The fraction of sp³-hybridized carbons (Fsp3) is 0.333. The molecule has 0 spiro atoms. The summed E-state index contributed by atoms with van der Waals surface area (Å²) in [4.78, 5) is 2.81. The number of hydrogen-bond donors (Lipinski definition) is 0. The molecule has 2 heterocycles. The average molecular weight is 254 g/mol. The van der Waals surface area contributed by atoms with Gasteiger partial charge in [0.15, 0.2) is 0 Å². The molecule has 15 heavy (non-hydrogen) atoms. The molecule has 0 atom stereocenters. The molecule has 80 valence electrons. The summed E-state index contributed by atoms with van der Waals surface area (Å²) < 4.78 is 2.88. The van der Waals surface area contributed by atoms with Gasteiger partial charge in [0, 0.05) is 9.75 Å². The second-order valence-corrected chi connectivity index (χ2v) is 7.81. The van der Waals surface area contributed by atoms with Gasteiger partial charge in [-0.25, -0.2) is 0 Å². The Balaban J connectivity index is 2.29. The first-order chi connectivity index (χ1) is 7.06. The monoisotopic (exact) mass is 254 g/mol. The number of hydrogen-bond acceptors (Lipinski definition) is 3. The second-order valence-electron chi connectivity index (χ2n) is 3.76. The van der Waals surface area contributed by atoms with Gasteiger partial charge in [-0.2, -0.15) is 0 Å². The minimum absolute atomic E-state index is 1.40. The molecule has 2 aromatic heterocycles. The van der Waals surface area contributed by atoms with Gasteiger partial charge in [-0.3, -0.25) is 0 Å². The number of thiophene rings is 2. The van der Waals surface area contributed by atoms with Crippen molar-refractivity contribution in [3.8, 4) is 0 Å². The molecular formula is C12H14S3. The summed E-state index contributed by atoms with van der Waals surface area (Å²) >= 11 is 5.71. The van der Waals surface area contributed by atoms with Crippen LogP contribution in [0.2, 0.25) is 0 Å². The molecule has 0 saturated carbocycles. The van der Waals surface area contributed by atoms with E-state index in [1.165, 1.54) is 29.3 Å². The first kappa shape index (κ1) is 11.2. The molecule has 3 heteroatoms. The van der Waals surface area contributed by atoms with Crippen molar-refractivity contribution in [2.24, 2.45) is 0 Å². The van der Waals surface area contributed by atoms with E-state index < -0.39 is 0 Å². The van der Waals surface area contributed by atoms with Crippen LogP contribution in [0.1, 0.15) is 20.9 Å². The van der Waals surface area contributed by atoms with Crippen LogP contribution in [0.5, 0.6) is 0 Å². The quantitative estimate of drug-likeness (QED) is 0.710. The lowest BCUT2D eigenvalue weighted by Crippen LogP contribution is -1.69. The molecule has 0 radical (unpaired) electrons. The molecule has 0 aliphatic carbocycles. The topological polar surface area (TPSA) is 0 Å². The van der Waals surface area contributed by atoms with Gasteiger partial charge in [0.2, 0.25) is 0 Å². The molecule has 2 rings (SSSR count). The zero-order valence-corrected chi connectivity index (χ0v) is 11.8. The van der Waals surface area contributed by atoms with Gasteiger partial charge >= 0.3 is 0 Å². The van der Waals surface area contributed by atoms with Gasteiger partial charge in [0.05, 0.1) is 8.42 Å². The van der Waals surface area contributed by atoms with Crippen LogP contribution in [-0.2, 0) is 0 Å². The highest BCUT2D eigenvalue weighted by Crippen LogP contribution is 2.41. The smallest absolute Gasteiger partial charge is 0.0686 e. The Morgan fingerprint density at radius 2 is 1.20 bits per heavy atom. The lowest BCUT2D eigenvalue weighted by atomic mass is 10.3. The van der Waals surface area contributed by atoms with Crippen LogP contribution in [0.15, 0.2) is 20.6 Å². The van der Waals surface area contributed by atoms with Gasteiger partial charge in [-0.1, -0.05) is 11.8 Å². The molecule has 0 saturated heterocycles. The standard InChI is InChI=1S/C12H14S3/c1-7-5-9(3)13-11(7)15-12-8(2)6-10(4)14-12/h5-6H,1-4H3. The summed E-state index contributed by atoms with van der Waals surface area (Å²) in [7, 11) is 0. The van der Waals surface area contributed by atoms with Crippen molar-refractivity contribution in [1.82, 2.24) is 0 Å². The molecule has 0 nitrogen and oxygen atoms in total. The Kier molecular flexibility index (Phi) is 3.24. The maximum absolute atomic E-state index is 2.27. The lowest BCUT2D eigenvalue weighted by Gasteiger charge is -1.97. The molecule has 0 amide bonds. The highest BCUT2D eigenvalue weighted by atomic mass is 32.2. The van der Waals surface area contributed by atoms with Crippen molar-refractivity contribution >= 4 is 34.4 Å². The molecule has 0 bridgehead atoms. The first-order valence-corrected chi connectivity index (χ1v) is 7.33. The van der Waals surface area contributed by atoms with E-state index in [-0.39, 0.29) is 0 Å². The van der Waals surface area contributed by atoms with Crippen molar-refractivity contribution in [2.75, 3.05) is 0 Å². The van der Waals surface area contributed by atoms with Gasteiger partial charge in [-0.15, -0.1) is 22.7 Å². The summed E-state index contributed by atoms with van der Waals surface area (Å²) in [5.74, 6) is 0. The fourth-order valence-electron chi connectivity index (χ4n) is 1.53. The Morgan fingerprint density at radius 3 is 1.47 bits per heavy atom. The SMILES string of the molecule is Cc1cc(C)c(Sc2sc(C)cc2C)s1. The zero-order chi connectivity index (χ0) is 11.0. The van der Waals surface area contributed by atoms with E-state index in [0.717, 1.165) is 0 Å². The van der Waals surface area contributed by atoms with Crippen molar-refractivity contribution in [2.45, 2.75) is 36.1 Å². The zero-order valence-electron chi connectivity index (χ0n) is 9.38. The van der Waals surface area contributed by atoms with Crippen LogP contribution in [0, 0.1) is 27.7 Å². The van der Waals surface area contributed by atoms with Crippen LogP contribution in [0.4, 0.5) is 0 Å². The molecule has 0 N–H and O–H groups in total. The summed E-state index contributed by atoms with van der Waals surface area (Å²) in [6.45, 7) is 8.74. The highest BCUT2D eigenvalue weighted by molar-refractivity contribution is 8.03. The fourth-order valence-corrected chi connectivity index (χ4v) is 5.41. The van der Waals surface area contributed by atoms with Gasteiger partial charge in [-0.05, 0) is 51.0 Å². The van der Waals surface area contributed by atoms with E-state index in [9.17, 15) is 0 Å². The van der Waals surface area contributed by atoms with Gasteiger partial charge < -0.3 is 0 Å². The lowest BCUT2D eigenvalue weighted by molar-refractivity contribution is 1.39. The van der Waals surface area contributed by atoms with E-state index in [1.54, 1.807) is 0 Å². The Hall–Kier alpha value is -0.250. The third-order valence-electron chi connectivity index (χ3n) is 2.18. The second kappa shape index (κ2) is 4.32. The van der Waals surface area contributed by atoms with Crippen LogP contribution >= 0.6 is 34.4 Å². The minimum Gasteiger partial charge on any atom is -0.134 e. The largest absolute Gasteiger partial charge is 0.134 e. The number of rotatable bonds is 2. The van der Waals surface area contributed by atoms with E-state index in [2.05, 4.69) is 39.8 Å². The third-order valence-corrected chi connectivity index (χ3v) is 6.09. The van der Waals surface area contributed by atoms with E-state index in [4.69, 9.17) is 0 Å². The number of aryl methyl sites for hydroxylation is 4. The van der Waals surface area contributed by atoms with E-state index in [1.807, 2.05) is 34.4 Å². The Morgan fingerprint density at radius 1 is 0.800 bits per heavy atom. The Labute approximate surface area is 103 Å². The molecular weight excluding hydrogens is 240 g/mol. The minimum atomic E-state index is 1.40. The van der Waals surface area contributed by atoms with Crippen LogP contribution in [0.3, 0.4) is 0 Å². The van der Waals surface area contributed by atoms with Gasteiger partial charge in [0.25, 0.3) is 0 Å². The normalized spacial score (nSPS) is 10.9. The average Bonchev–Trinajstić information content (AvgIpc) is 2.58. The Bertz CT molecular complexity index is 433. The third kappa shape index (κ3) is 2.47. The van der Waals surface area contributed by atoms with Crippen LogP contribution < -0.4 is 0 Å². The maximum atomic E-state index is 2.27. The highest BCUT2D eigenvalue weighted by Gasteiger charge is 2.09. The van der Waals surface area contributed by atoms with Crippen LogP contribution in [0.25, 0.3) is 0 Å². The summed E-state index contributed by atoms with van der Waals surface area (Å²) in [5, 5.41) is 0. The summed E-state index contributed by atoms with van der Waals surface area (Å²) in [6.07, 6.45) is 0. The summed E-state index contributed by atoms with van der Waals surface area (Å²) in [5.41, 5.74) is 2.82. The predicted octanol–water partition coefficient (Wildman–Crippen LogP) is 5.19. The van der Waals surface area contributed by atoms with Crippen molar-refractivity contribution < 1.29 is 0 Å². The maximum Gasteiger partial charge on any atom is 0.0686 e. The summed E-state index contributed by atoms with van der Waals surface area (Å²) in [6, 6.07) is 4.53. The van der Waals surface area contributed by atoms with E-state index >= 15 is 0 Å². The first-order valence-electron chi connectivity index (χ1n) is 4.88. The molecule has 0 aliphatic rings. The molecule has 0 unspecified atom stereocenters.